The van der Waals surface area contributed by atoms with Crippen LogP contribution in [0.1, 0.15) is 38.5 Å². The molecule has 5 heteroatoms. The predicted octanol–water partition coefficient (Wildman–Crippen LogP) is 2.74. The Kier molecular flexibility index (Phi) is 5.96. The number of rotatable bonds is 6. The smallest absolute Gasteiger partial charge is 0.220 e. The van der Waals surface area contributed by atoms with Crippen LogP contribution in [0.3, 0.4) is 0 Å². The van der Waals surface area contributed by atoms with Gasteiger partial charge in [0.05, 0.1) is 13.2 Å². The molecular weight excluding hydrogens is 304 g/mol. The molecule has 0 spiro atoms. The number of nitrogens with one attached hydrogen (secondary N) is 1. The summed E-state index contributed by atoms with van der Waals surface area (Å²) in [6.45, 7) is 2.73. The molecule has 0 bridgehead atoms. The van der Waals surface area contributed by atoms with Crippen molar-refractivity contribution in [1.29, 1.82) is 0 Å². The molecular formula is C19H28N2O3. The fourth-order valence-corrected chi connectivity index (χ4v) is 3.60. The summed E-state index contributed by atoms with van der Waals surface area (Å²) in [7, 11) is 1.69. The van der Waals surface area contributed by atoms with Crippen molar-refractivity contribution in [1.82, 2.24) is 5.32 Å². The molecule has 0 radical (unpaired) electrons. The van der Waals surface area contributed by atoms with Crippen molar-refractivity contribution in [3.8, 4) is 5.75 Å². The summed E-state index contributed by atoms with van der Waals surface area (Å²) in [5.74, 6) is 1.03. The fraction of sp³-hybridized carbons (Fsp3) is 0.632. The molecule has 1 N–H and O–H groups in total. The average molecular weight is 332 g/mol. The first-order valence-electron chi connectivity index (χ1n) is 9.04. The zero-order valence-electron chi connectivity index (χ0n) is 14.5. The first-order valence-corrected chi connectivity index (χ1v) is 9.04. The maximum Gasteiger partial charge on any atom is 0.220 e. The first-order chi connectivity index (χ1) is 11.7. The van der Waals surface area contributed by atoms with E-state index in [-0.39, 0.29) is 18.1 Å². The van der Waals surface area contributed by atoms with Gasteiger partial charge in [0.25, 0.3) is 0 Å². The van der Waals surface area contributed by atoms with E-state index in [1.807, 2.05) is 12.1 Å². The van der Waals surface area contributed by atoms with Gasteiger partial charge in [0, 0.05) is 43.9 Å². The standard InChI is InChI=1S/C19H28N2O3/c1-23-18-7-2-6-16(13-18)21-11-3-5-15(14-21)20-19(22)10-9-17-8-4-12-24-17/h2,6-7,13,15,17H,3-5,8-12,14H2,1H3,(H,20,22)/t15-,17+/m1/s1. The highest BCUT2D eigenvalue weighted by Crippen LogP contribution is 2.24. The number of hydrogen-bond donors (Lipinski definition) is 1. The zero-order chi connectivity index (χ0) is 16.8. The molecule has 0 unspecified atom stereocenters. The molecule has 24 heavy (non-hydrogen) atoms. The Morgan fingerprint density at radius 3 is 3.08 bits per heavy atom. The van der Waals surface area contributed by atoms with Crippen LogP contribution in [0.25, 0.3) is 0 Å². The lowest BCUT2D eigenvalue weighted by molar-refractivity contribution is -0.122. The Balaban J connectivity index is 1.48. The van der Waals surface area contributed by atoms with Gasteiger partial charge in [-0.15, -0.1) is 0 Å². The molecule has 2 heterocycles. The maximum atomic E-state index is 12.2. The second-order valence-electron chi connectivity index (χ2n) is 6.73. The molecule has 2 fully saturated rings. The van der Waals surface area contributed by atoms with Crippen molar-refractivity contribution in [3.05, 3.63) is 24.3 Å². The van der Waals surface area contributed by atoms with Crippen molar-refractivity contribution < 1.29 is 14.3 Å². The van der Waals surface area contributed by atoms with Gasteiger partial charge in [-0.25, -0.2) is 0 Å². The van der Waals surface area contributed by atoms with Crippen LogP contribution in [0.4, 0.5) is 5.69 Å². The van der Waals surface area contributed by atoms with Crippen molar-refractivity contribution >= 4 is 11.6 Å². The van der Waals surface area contributed by atoms with Crippen molar-refractivity contribution in [3.63, 3.8) is 0 Å². The Labute approximate surface area is 144 Å². The Morgan fingerprint density at radius 1 is 1.38 bits per heavy atom. The highest BCUT2D eigenvalue weighted by molar-refractivity contribution is 5.76. The molecule has 2 saturated heterocycles. The lowest BCUT2D eigenvalue weighted by Gasteiger charge is -2.35. The third-order valence-electron chi connectivity index (χ3n) is 4.92. The Morgan fingerprint density at radius 2 is 2.29 bits per heavy atom. The monoisotopic (exact) mass is 332 g/mol. The van der Waals surface area contributed by atoms with E-state index in [1.54, 1.807) is 7.11 Å². The first kappa shape index (κ1) is 17.1. The lowest BCUT2D eigenvalue weighted by atomic mass is 10.0. The van der Waals surface area contributed by atoms with E-state index in [9.17, 15) is 4.79 Å². The number of carbonyl (C=O) groups is 1. The van der Waals surface area contributed by atoms with Gasteiger partial charge in [0.15, 0.2) is 0 Å². The summed E-state index contributed by atoms with van der Waals surface area (Å²) < 4.78 is 10.9. The van der Waals surface area contributed by atoms with E-state index in [0.717, 1.165) is 63.2 Å². The number of carbonyl (C=O) groups excluding carboxylic acids is 1. The molecule has 0 aliphatic carbocycles. The summed E-state index contributed by atoms with van der Waals surface area (Å²) in [6, 6.07) is 8.35. The second kappa shape index (κ2) is 8.38. The number of ether oxygens (including phenoxy) is 2. The molecule has 2 aliphatic rings. The van der Waals surface area contributed by atoms with Gasteiger partial charge >= 0.3 is 0 Å². The minimum Gasteiger partial charge on any atom is -0.497 e. The second-order valence-corrected chi connectivity index (χ2v) is 6.73. The van der Waals surface area contributed by atoms with Gasteiger partial charge in [-0.05, 0) is 44.2 Å². The largest absolute Gasteiger partial charge is 0.497 e. The SMILES string of the molecule is COc1cccc(N2CCC[C@@H](NC(=O)CC[C@@H]3CCCO3)C2)c1. The zero-order valence-corrected chi connectivity index (χ0v) is 14.5. The number of amides is 1. The molecule has 3 rings (SSSR count). The summed E-state index contributed by atoms with van der Waals surface area (Å²) in [4.78, 5) is 14.5. The highest BCUT2D eigenvalue weighted by atomic mass is 16.5. The summed E-state index contributed by atoms with van der Waals surface area (Å²) >= 11 is 0. The van der Waals surface area contributed by atoms with Crippen LogP contribution >= 0.6 is 0 Å². The van der Waals surface area contributed by atoms with E-state index in [4.69, 9.17) is 9.47 Å². The molecule has 5 nitrogen and oxygen atoms in total. The molecule has 0 aromatic heterocycles. The van der Waals surface area contributed by atoms with Crippen molar-refractivity contribution in [2.45, 2.75) is 50.7 Å². The van der Waals surface area contributed by atoms with Crippen molar-refractivity contribution in [2.24, 2.45) is 0 Å². The fourth-order valence-electron chi connectivity index (χ4n) is 3.60. The van der Waals surface area contributed by atoms with E-state index in [0.29, 0.717) is 6.42 Å². The molecule has 2 atom stereocenters. The molecule has 2 aliphatic heterocycles. The number of nitrogens with zero attached hydrogens (tertiary/aromatic N) is 1. The van der Waals surface area contributed by atoms with Crippen LogP contribution in [0.2, 0.25) is 0 Å². The minimum absolute atomic E-state index is 0.156. The maximum absolute atomic E-state index is 12.2. The molecule has 1 amide bonds. The minimum atomic E-state index is 0.156. The highest BCUT2D eigenvalue weighted by Gasteiger charge is 2.23. The topological polar surface area (TPSA) is 50.8 Å². The Hall–Kier alpha value is -1.75. The third-order valence-corrected chi connectivity index (χ3v) is 4.92. The summed E-state index contributed by atoms with van der Waals surface area (Å²) in [5.41, 5.74) is 1.16. The van der Waals surface area contributed by atoms with Gasteiger partial charge < -0.3 is 19.7 Å². The van der Waals surface area contributed by atoms with Crippen LogP contribution in [0.5, 0.6) is 5.75 Å². The van der Waals surface area contributed by atoms with Gasteiger partial charge in [-0.3, -0.25) is 4.79 Å². The van der Waals surface area contributed by atoms with Crippen LogP contribution in [-0.4, -0.2) is 44.9 Å². The number of anilines is 1. The molecule has 0 saturated carbocycles. The molecule has 132 valence electrons. The van der Waals surface area contributed by atoms with E-state index in [1.165, 1.54) is 0 Å². The van der Waals surface area contributed by atoms with Crippen LogP contribution in [-0.2, 0) is 9.53 Å². The normalized spacial score (nSPS) is 24.0. The van der Waals surface area contributed by atoms with Crippen molar-refractivity contribution in [2.75, 3.05) is 31.7 Å². The number of benzene rings is 1. The summed E-state index contributed by atoms with van der Waals surface area (Å²) in [6.07, 6.45) is 6.07. The number of hydrogen-bond acceptors (Lipinski definition) is 4. The van der Waals surface area contributed by atoms with Crippen LogP contribution in [0.15, 0.2) is 24.3 Å². The lowest BCUT2D eigenvalue weighted by Crippen LogP contribution is -2.47. The number of methoxy groups -OCH3 is 1. The summed E-state index contributed by atoms with van der Waals surface area (Å²) in [5, 5.41) is 3.20. The van der Waals surface area contributed by atoms with E-state index >= 15 is 0 Å². The molecule has 1 aromatic rings. The van der Waals surface area contributed by atoms with Gasteiger partial charge in [-0.2, -0.15) is 0 Å². The molecule has 1 aromatic carbocycles. The third kappa shape index (κ3) is 4.63. The van der Waals surface area contributed by atoms with Gasteiger partial charge in [0.2, 0.25) is 5.91 Å². The van der Waals surface area contributed by atoms with Crippen LogP contribution in [0, 0.1) is 0 Å². The van der Waals surface area contributed by atoms with Crippen LogP contribution < -0.4 is 15.0 Å². The predicted molar refractivity (Wildman–Crippen MR) is 94.6 cm³/mol. The number of piperidine rings is 1. The van der Waals surface area contributed by atoms with Gasteiger partial charge in [-0.1, -0.05) is 6.07 Å². The average Bonchev–Trinajstić information content (AvgIpc) is 3.14. The van der Waals surface area contributed by atoms with Gasteiger partial charge in [0.1, 0.15) is 5.75 Å². The van der Waals surface area contributed by atoms with E-state index < -0.39 is 0 Å². The quantitative estimate of drug-likeness (QED) is 0.870. The van der Waals surface area contributed by atoms with E-state index in [2.05, 4.69) is 22.3 Å². The Bertz CT molecular complexity index is 543.